The van der Waals surface area contributed by atoms with Gasteiger partial charge in [0.1, 0.15) is 11.8 Å². The molecule has 7 nitrogen and oxygen atoms in total. The van der Waals surface area contributed by atoms with E-state index in [1.807, 2.05) is 6.07 Å². The number of carbonyl (C=O) groups is 1. The van der Waals surface area contributed by atoms with Gasteiger partial charge in [0.2, 0.25) is 15.9 Å². The number of rotatable bonds is 8. The number of hydrogen-bond donors (Lipinski definition) is 2. The third-order valence-electron chi connectivity index (χ3n) is 3.79. The van der Waals surface area contributed by atoms with Crippen LogP contribution in [0, 0.1) is 5.92 Å². The number of nitrogens with one attached hydrogen (secondary N) is 2. The van der Waals surface area contributed by atoms with Crippen LogP contribution in [0.4, 0.5) is 0 Å². The van der Waals surface area contributed by atoms with Gasteiger partial charge in [-0.05, 0) is 41.8 Å². The summed E-state index contributed by atoms with van der Waals surface area (Å²) in [6, 6.07) is 8.70. The van der Waals surface area contributed by atoms with Crippen LogP contribution in [0.25, 0.3) is 0 Å². The molecule has 0 saturated carbocycles. The number of sulfonamides is 1. The lowest BCUT2D eigenvalue weighted by Crippen LogP contribution is -2.49. The van der Waals surface area contributed by atoms with Crippen LogP contribution in [0.3, 0.4) is 0 Å². The molecule has 2 aromatic rings. The molecular weight excluding hydrogens is 354 g/mol. The molecule has 0 saturated heterocycles. The molecule has 0 bridgehead atoms. The Balaban J connectivity index is 2.09. The predicted molar refractivity (Wildman–Crippen MR) is 98.0 cm³/mol. The third kappa shape index (κ3) is 5.27. The van der Waals surface area contributed by atoms with Crippen molar-refractivity contribution in [2.75, 3.05) is 7.11 Å². The van der Waals surface area contributed by atoms with Gasteiger partial charge in [-0.3, -0.25) is 9.78 Å². The van der Waals surface area contributed by atoms with Gasteiger partial charge >= 0.3 is 0 Å². The van der Waals surface area contributed by atoms with Crippen LogP contribution in [-0.4, -0.2) is 32.5 Å². The predicted octanol–water partition coefficient (Wildman–Crippen LogP) is 1.71. The summed E-state index contributed by atoms with van der Waals surface area (Å²) < 4.78 is 32.7. The van der Waals surface area contributed by atoms with Crippen molar-refractivity contribution in [3.8, 4) is 5.75 Å². The maximum absolute atomic E-state index is 12.6. The lowest BCUT2D eigenvalue weighted by molar-refractivity contribution is -0.123. The highest BCUT2D eigenvalue weighted by atomic mass is 32.2. The Labute approximate surface area is 153 Å². The molecule has 1 amide bonds. The molecule has 0 spiro atoms. The fourth-order valence-electron chi connectivity index (χ4n) is 2.28. The number of amides is 1. The van der Waals surface area contributed by atoms with Gasteiger partial charge < -0.3 is 10.1 Å². The van der Waals surface area contributed by atoms with Crippen LogP contribution in [0.1, 0.15) is 19.4 Å². The van der Waals surface area contributed by atoms with E-state index in [0.29, 0.717) is 5.75 Å². The van der Waals surface area contributed by atoms with E-state index >= 15 is 0 Å². The molecule has 2 rings (SSSR count). The fraction of sp³-hybridized carbons (Fsp3) is 0.333. The number of pyridine rings is 1. The topological polar surface area (TPSA) is 97.4 Å². The second-order valence-electron chi connectivity index (χ2n) is 6.10. The number of aromatic nitrogens is 1. The SMILES string of the molecule is COc1ccc(S(=O)(=O)N[C@H](C(=O)NCc2cccnc2)C(C)C)cc1. The van der Waals surface area contributed by atoms with E-state index in [-0.39, 0.29) is 23.3 Å². The number of hydrogen-bond acceptors (Lipinski definition) is 5. The summed E-state index contributed by atoms with van der Waals surface area (Å²) in [5.41, 5.74) is 0.835. The molecule has 1 aromatic heterocycles. The van der Waals surface area contributed by atoms with Crippen molar-refractivity contribution in [2.24, 2.45) is 5.92 Å². The van der Waals surface area contributed by atoms with Crippen LogP contribution in [0.2, 0.25) is 0 Å². The number of ether oxygens (including phenoxy) is 1. The van der Waals surface area contributed by atoms with Gasteiger partial charge in [0.25, 0.3) is 0 Å². The molecule has 8 heteroatoms. The second-order valence-corrected chi connectivity index (χ2v) is 7.81. The Morgan fingerprint density at radius 3 is 2.42 bits per heavy atom. The summed E-state index contributed by atoms with van der Waals surface area (Å²) in [4.78, 5) is 16.5. The van der Waals surface area contributed by atoms with Crippen LogP contribution in [-0.2, 0) is 21.4 Å². The Morgan fingerprint density at radius 2 is 1.88 bits per heavy atom. The van der Waals surface area contributed by atoms with E-state index in [9.17, 15) is 13.2 Å². The number of carbonyl (C=O) groups excluding carboxylic acids is 1. The first kappa shape index (κ1) is 19.9. The van der Waals surface area contributed by atoms with Gasteiger partial charge in [-0.15, -0.1) is 0 Å². The Kier molecular flexibility index (Phi) is 6.70. The highest BCUT2D eigenvalue weighted by Crippen LogP contribution is 2.16. The minimum absolute atomic E-state index is 0.0732. The molecule has 0 aliphatic carbocycles. The van der Waals surface area contributed by atoms with Crippen LogP contribution in [0.15, 0.2) is 53.7 Å². The third-order valence-corrected chi connectivity index (χ3v) is 5.25. The zero-order chi connectivity index (χ0) is 19.2. The van der Waals surface area contributed by atoms with Gasteiger partial charge in [-0.25, -0.2) is 8.42 Å². The molecule has 0 unspecified atom stereocenters. The molecule has 1 atom stereocenters. The summed E-state index contributed by atoms with van der Waals surface area (Å²) >= 11 is 0. The van der Waals surface area contributed by atoms with Crippen molar-refractivity contribution in [3.05, 3.63) is 54.4 Å². The van der Waals surface area contributed by atoms with Crippen molar-refractivity contribution >= 4 is 15.9 Å². The first-order valence-electron chi connectivity index (χ1n) is 8.16. The van der Waals surface area contributed by atoms with Crippen molar-refractivity contribution in [3.63, 3.8) is 0 Å². The van der Waals surface area contributed by atoms with E-state index in [4.69, 9.17) is 4.74 Å². The van der Waals surface area contributed by atoms with Crippen molar-refractivity contribution in [1.29, 1.82) is 0 Å². The zero-order valence-corrected chi connectivity index (χ0v) is 15.8. The average molecular weight is 377 g/mol. The van der Waals surface area contributed by atoms with Crippen molar-refractivity contribution in [1.82, 2.24) is 15.0 Å². The first-order valence-corrected chi connectivity index (χ1v) is 9.65. The van der Waals surface area contributed by atoms with Crippen LogP contribution < -0.4 is 14.8 Å². The zero-order valence-electron chi connectivity index (χ0n) is 15.0. The first-order chi connectivity index (χ1) is 12.3. The summed E-state index contributed by atoms with van der Waals surface area (Å²) in [6.45, 7) is 3.84. The monoisotopic (exact) mass is 377 g/mol. The summed E-state index contributed by atoms with van der Waals surface area (Å²) in [5, 5.41) is 2.75. The Morgan fingerprint density at radius 1 is 1.19 bits per heavy atom. The summed E-state index contributed by atoms with van der Waals surface area (Å²) in [5.74, 6) is -0.0589. The molecule has 140 valence electrons. The molecule has 0 radical (unpaired) electrons. The van der Waals surface area contributed by atoms with Crippen LogP contribution in [0.5, 0.6) is 5.75 Å². The summed E-state index contributed by atoms with van der Waals surface area (Å²) in [7, 11) is -2.33. The summed E-state index contributed by atoms with van der Waals surface area (Å²) in [6.07, 6.45) is 3.29. The normalized spacial score (nSPS) is 12.6. The number of benzene rings is 1. The van der Waals surface area contributed by atoms with Gasteiger partial charge in [0, 0.05) is 18.9 Å². The van der Waals surface area contributed by atoms with Gasteiger partial charge in [0.05, 0.1) is 12.0 Å². The maximum Gasteiger partial charge on any atom is 0.241 e. The minimum Gasteiger partial charge on any atom is -0.497 e. The van der Waals surface area contributed by atoms with E-state index in [1.54, 1.807) is 44.4 Å². The van der Waals surface area contributed by atoms with Crippen molar-refractivity contribution < 1.29 is 17.9 Å². The van der Waals surface area contributed by atoms with Crippen LogP contribution >= 0.6 is 0 Å². The van der Waals surface area contributed by atoms with E-state index in [2.05, 4.69) is 15.0 Å². The molecule has 0 aliphatic rings. The molecule has 0 aliphatic heterocycles. The lowest BCUT2D eigenvalue weighted by atomic mass is 10.0. The molecule has 2 N–H and O–H groups in total. The van der Waals surface area contributed by atoms with Gasteiger partial charge in [0.15, 0.2) is 0 Å². The standard InChI is InChI=1S/C18H23N3O4S/c1-13(2)17(18(22)20-12-14-5-4-10-19-11-14)21-26(23,24)16-8-6-15(25-3)7-9-16/h4-11,13,17,21H,12H2,1-3H3,(H,20,22)/t17-/m0/s1. The van der Waals surface area contributed by atoms with E-state index < -0.39 is 16.1 Å². The molecule has 1 aromatic carbocycles. The molecule has 0 fully saturated rings. The highest BCUT2D eigenvalue weighted by molar-refractivity contribution is 7.89. The molecule has 26 heavy (non-hydrogen) atoms. The fourth-order valence-corrected chi connectivity index (χ4v) is 3.63. The van der Waals surface area contributed by atoms with Gasteiger partial charge in [-0.1, -0.05) is 19.9 Å². The van der Waals surface area contributed by atoms with Crippen molar-refractivity contribution in [2.45, 2.75) is 31.3 Å². The minimum atomic E-state index is -3.84. The Hall–Kier alpha value is -2.45. The quantitative estimate of drug-likeness (QED) is 0.730. The Bertz CT molecular complexity index is 821. The lowest BCUT2D eigenvalue weighted by Gasteiger charge is -2.21. The smallest absolute Gasteiger partial charge is 0.241 e. The maximum atomic E-state index is 12.6. The van der Waals surface area contributed by atoms with Gasteiger partial charge in [-0.2, -0.15) is 4.72 Å². The van der Waals surface area contributed by atoms with E-state index in [0.717, 1.165) is 5.56 Å². The molecular formula is C18H23N3O4S. The second kappa shape index (κ2) is 8.77. The molecule has 1 heterocycles. The number of nitrogens with zero attached hydrogens (tertiary/aromatic N) is 1. The number of methoxy groups -OCH3 is 1. The highest BCUT2D eigenvalue weighted by Gasteiger charge is 2.28. The van der Waals surface area contributed by atoms with E-state index in [1.165, 1.54) is 19.2 Å². The largest absolute Gasteiger partial charge is 0.497 e. The average Bonchev–Trinajstić information content (AvgIpc) is 2.65.